The van der Waals surface area contributed by atoms with E-state index in [9.17, 15) is 9.59 Å². The van der Waals surface area contributed by atoms with Gasteiger partial charge in [-0.15, -0.1) is 0 Å². The number of rotatable bonds is 7. The van der Waals surface area contributed by atoms with E-state index in [4.69, 9.17) is 4.42 Å². The highest BCUT2D eigenvalue weighted by atomic mass is 79.9. The Labute approximate surface area is 156 Å². The van der Waals surface area contributed by atoms with E-state index in [2.05, 4.69) is 52.5 Å². The summed E-state index contributed by atoms with van der Waals surface area (Å²) in [6.07, 6.45) is 1.04. The number of hydrogen-bond acceptors (Lipinski definition) is 3. The van der Waals surface area contributed by atoms with E-state index in [1.807, 2.05) is 19.1 Å². The summed E-state index contributed by atoms with van der Waals surface area (Å²) in [6, 6.07) is 11.3. The zero-order valence-corrected chi connectivity index (χ0v) is 16.2. The van der Waals surface area contributed by atoms with Gasteiger partial charge in [0.15, 0.2) is 10.4 Å². The molecule has 0 aliphatic heterocycles. The van der Waals surface area contributed by atoms with Crippen LogP contribution in [0.2, 0.25) is 0 Å². The SMILES string of the molecule is CC(C)Cc1ccc([C@H](C)NC(=O)CNC(=O)c2ccc(Br)o2)cc1. The molecule has 2 N–H and O–H groups in total. The third-order valence-corrected chi connectivity index (χ3v) is 4.13. The lowest BCUT2D eigenvalue weighted by Gasteiger charge is -2.15. The van der Waals surface area contributed by atoms with Crippen molar-refractivity contribution in [2.24, 2.45) is 5.92 Å². The van der Waals surface area contributed by atoms with Crippen LogP contribution in [0.1, 0.15) is 48.5 Å². The fourth-order valence-corrected chi connectivity index (χ4v) is 2.78. The van der Waals surface area contributed by atoms with Crippen LogP contribution in [0.15, 0.2) is 45.5 Å². The molecule has 0 aliphatic carbocycles. The predicted molar refractivity (Wildman–Crippen MR) is 100 cm³/mol. The topological polar surface area (TPSA) is 71.3 Å². The summed E-state index contributed by atoms with van der Waals surface area (Å²) in [5, 5.41) is 5.41. The molecular weight excluding hydrogens is 384 g/mol. The first-order valence-electron chi connectivity index (χ1n) is 8.27. The van der Waals surface area contributed by atoms with E-state index in [-0.39, 0.29) is 24.3 Å². The van der Waals surface area contributed by atoms with Crippen LogP contribution in [0.25, 0.3) is 0 Å². The minimum Gasteiger partial charge on any atom is -0.444 e. The Morgan fingerprint density at radius 2 is 1.76 bits per heavy atom. The quantitative estimate of drug-likeness (QED) is 0.733. The second-order valence-corrected chi connectivity index (χ2v) is 7.20. The molecule has 0 spiro atoms. The third kappa shape index (κ3) is 6.05. The molecule has 1 atom stereocenters. The summed E-state index contributed by atoms with van der Waals surface area (Å²) < 4.78 is 5.61. The minimum atomic E-state index is -0.424. The van der Waals surface area contributed by atoms with Crippen LogP contribution in [0.5, 0.6) is 0 Å². The molecule has 1 aromatic heterocycles. The number of carbonyl (C=O) groups is 2. The Bertz CT molecular complexity index is 723. The first-order valence-corrected chi connectivity index (χ1v) is 9.06. The minimum absolute atomic E-state index is 0.104. The zero-order valence-electron chi connectivity index (χ0n) is 14.6. The average Bonchev–Trinajstić information content (AvgIpc) is 2.99. The maximum atomic E-state index is 12.0. The molecule has 0 bridgehead atoms. The van der Waals surface area contributed by atoms with E-state index in [0.717, 1.165) is 12.0 Å². The number of carbonyl (C=O) groups excluding carboxylic acids is 2. The predicted octanol–water partition coefficient (Wildman–Crippen LogP) is 3.85. The number of furan rings is 1. The van der Waals surface area contributed by atoms with E-state index < -0.39 is 5.91 Å². The highest BCUT2D eigenvalue weighted by molar-refractivity contribution is 9.10. The van der Waals surface area contributed by atoms with Gasteiger partial charge in [0.2, 0.25) is 5.91 Å². The number of hydrogen-bond donors (Lipinski definition) is 2. The molecule has 1 heterocycles. The number of halogens is 1. The van der Waals surface area contributed by atoms with Gasteiger partial charge in [-0.2, -0.15) is 0 Å². The van der Waals surface area contributed by atoms with Gasteiger partial charge in [-0.05, 0) is 58.5 Å². The van der Waals surface area contributed by atoms with Gasteiger partial charge in [0.1, 0.15) is 0 Å². The van der Waals surface area contributed by atoms with Gasteiger partial charge in [0.05, 0.1) is 12.6 Å². The van der Waals surface area contributed by atoms with Gasteiger partial charge in [-0.25, -0.2) is 0 Å². The molecule has 0 saturated heterocycles. The Kier molecular flexibility index (Phi) is 6.82. The first-order chi connectivity index (χ1) is 11.8. The lowest BCUT2D eigenvalue weighted by Crippen LogP contribution is -2.37. The molecule has 134 valence electrons. The van der Waals surface area contributed by atoms with E-state index in [1.54, 1.807) is 12.1 Å². The fourth-order valence-electron chi connectivity index (χ4n) is 2.47. The van der Waals surface area contributed by atoms with Crippen LogP contribution in [0.4, 0.5) is 0 Å². The van der Waals surface area contributed by atoms with Crippen LogP contribution in [0, 0.1) is 5.92 Å². The lowest BCUT2D eigenvalue weighted by molar-refractivity contribution is -0.120. The Morgan fingerprint density at radius 3 is 2.32 bits per heavy atom. The fraction of sp³-hybridized carbons (Fsp3) is 0.368. The normalized spacial score (nSPS) is 12.0. The van der Waals surface area contributed by atoms with Crippen LogP contribution >= 0.6 is 15.9 Å². The van der Waals surface area contributed by atoms with Crippen molar-refractivity contribution in [2.45, 2.75) is 33.2 Å². The summed E-state index contributed by atoms with van der Waals surface area (Å²) in [5.74, 6) is 0.0964. The van der Waals surface area contributed by atoms with Crippen LogP contribution in [-0.4, -0.2) is 18.4 Å². The molecule has 0 aliphatic rings. The second-order valence-electron chi connectivity index (χ2n) is 6.42. The molecule has 6 heteroatoms. The number of benzene rings is 1. The van der Waals surface area contributed by atoms with Gasteiger partial charge < -0.3 is 15.1 Å². The molecule has 25 heavy (non-hydrogen) atoms. The molecule has 0 radical (unpaired) electrons. The molecule has 0 unspecified atom stereocenters. The summed E-state index contributed by atoms with van der Waals surface area (Å²) in [4.78, 5) is 23.9. The van der Waals surface area contributed by atoms with Crippen molar-refractivity contribution in [3.63, 3.8) is 0 Å². The molecule has 0 saturated carbocycles. The van der Waals surface area contributed by atoms with Crippen molar-refractivity contribution in [3.05, 3.63) is 58.0 Å². The van der Waals surface area contributed by atoms with Gasteiger partial charge in [-0.3, -0.25) is 9.59 Å². The van der Waals surface area contributed by atoms with Crippen LogP contribution in [0.3, 0.4) is 0 Å². The number of nitrogens with one attached hydrogen (secondary N) is 2. The van der Waals surface area contributed by atoms with Crippen LogP contribution in [-0.2, 0) is 11.2 Å². The molecule has 2 aromatic rings. The monoisotopic (exact) mass is 406 g/mol. The Balaban J connectivity index is 1.82. The van der Waals surface area contributed by atoms with Crippen molar-refractivity contribution in [1.29, 1.82) is 0 Å². The third-order valence-electron chi connectivity index (χ3n) is 3.71. The maximum absolute atomic E-state index is 12.0. The summed E-state index contributed by atoms with van der Waals surface area (Å²) >= 11 is 3.13. The van der Waals surface area contributed by atoms with Crippen molar-refractivity contribution in [1.82, 2.24) is 10.6 Å². The highest BCUT2D eigenvalue weighted by Gasteiger charge is 2.14. The molecule has 1 aromatic carbocycles. The molecule has 2 amide bonds. The highest BCUT2D eigenvalue weighted by Crippen LogP contribution is 2.16. The molecule has 2 rings (SSSR count). The van der Waals surface area contributed by atoms with Gasteiger partial charge in [0.25, 0.3) is 5.91 Å². The first kappa shape index (κ1) is 19.2. The number of amides is 2. The van der Waals surface area contributed by atoms with Crippen molar-refractivity contribution in [2.75, 3.05) is 6.54 Å². The summed E-state index contributed by atoms with van der Waals surface area (Å²) in [7, 11) is 0. The van der Waals surface area contributed by atoms with Crippen molar-refractivity contribution < 1.29 is 14.0 Å². The van der Waals surface area contributed by atoms with E-state index in [1.165, 1.54) is 5.56 Å². The largest absolute Gasteiger partial charge is 0.444 e. The average molecular weight is 407 g/mol. The smallest absolute Gasteiger partial charge is 0.287 e. The van der Waals surface area contributed by atoms with E-state index in [0.29, 0.717) is 10.6 Å². The summed E-state index contributed by atoms with van der Waals surface area (Å²) in [6.45, 7) is 6.19. The molecule has 5 nitrogen and oxygen atoms in total. The Hall–Kier alpha value is -2.08. The van der Waals surface area contributed by atoms with E-state index >= 15 is 0 Å². The second kappa shape index (κ2) is 8.85. The summed E-state index contributed by atoms with van der Waals surface area (Å²) in [5.41, 5.74) is 2.32. The Morgan fingerprint density at radius 1 is 1.08 bits per heavy atom. The lowest BCUT2D eigenvalue weighted by atomic mass is 10.00. The van der Waals surface area contributed by atoms with Crippen LogP contribution < -0.4 is 10.6 Å². The van der Waals surface area contributed by atoms with Gasteiger partial charge >= 0.3 is 0 Å². The van der Waals surface area contributed by atoms with Crippen molar-refractivity contribution >= 4 is 27.7 Å². The van der Waals surface area contributed by atoms with Crippen molar-refractivity contribution in [3.8, 4) is 0 Å². The molecule has 0 fully saturated rings. The van der Waals surface area contributed by atoms with Gasteiger partial charge in [-0.1, -0.05) is 38.1 Å². The molecular formula is C19H23BrN2O3. The standard InChI is InChI=1S/C19H23BrN2O3/c1-12(2)10-14-4-6-15(7-5-14)13(3)22-18(23)11-21-19(24)16-8-9-17(20)25-16/h4-9,12-13H,10-11H2,1-3H3,(H,21,24)(H,22,23)/t13-/m0/s1. The maximum Gasteiger partial charge on any atom is 0.287 e. The van der Waals surface area contributed by atoms with Gasteiger partial charge in [0, 0.05) is 0 Å². The zero-order chi connectivity index (χ0) is 18.4.